The van der Waals surface area contributed by atoms with Crippen LogP contribution in [0.1, 0.15) is 39.5 Å². The van der Waals surface area contributed by atoms with Gasteiger partial charge in [-0.1, -0.05) is 20.3 Å². The molecule has 2 heteroatoms. The van der Waals surface area contributed by atoms with Gasteiger partial charge in [-0.3, -0.25) is 4.90 Å². The number of nitrogens with one attached hydrogen (secondary N) is 1. The third kappa shape index (κ3) is 2.12. The summed E-state index contributed by atoms with van der Waals surface area (Å²) in [4.78, 5) is 2.71. The smallest absolute Gasteiger partial charge is 0.0232 e. The second-order valence-corrected chi connectivity index (χ2v) is 5.35. The molecule has 2 heterocycles. The summed E-state index contributed by atoms with van der Waals surface area (Å²) in [6.07, 6.45) is 5.52. The Kier molecular flexibility index (Phi) is 3.13. The number of hydrogen-bond acceptors (Lipinski definition) is 2. The normalized spacial score (nSPS) is 33.4. The summed E-state index contributed by atoms with van der Waals surface area (Å²) in [5.74, 6) is 0. The van der Waals surface area contributed by atoms with E-state index in [0.29, 0.717) is 5.41 Å². The molecule has 0 aliphatic carbocycles. The van der Waals surface area contributed by atoms with Gasteiger partial charge in [-0.15, -0.1) is 0 Å². The Morgan fingerprint density at radius 3 is 2.57 bits per heavy atom. The van der Waals surface area contributed by atoms with E-state index >= 15 is 0 Å². The summed E-state index contributed by atoms with van der Waals surface area (Å²) in [5.41, 5.74) is 0.641. The summed E-state index contributed by atoms with van der Waals surface area (Å²) in [7, 11) is 0. The standard InChI is InChI=1S/C12H24N2/c1-3-12(2)5-8-14(9-6-12)11-4-7-13-10-11/h11,13H,3-10H2,1-2H3. The predicted molar refractivity (Wildman–Crippen MR) is 60.5 cm³/mol. The van der Waals surface area contributed by atoms with Crippen LogP contribution in [0.2, 0.25) is 0 Å². The molecular weight excluding hydrogens is 172 g/mol. The number of likely N-dealkylation sites (tertiary alicyclic amines) is 1. The maximum Gasteiger partial charge on any atom is 0.0232 e. The first-order chi connectivity index (χ1) is 6.73. The lowest BCUT2D eigenvalue weighted by Gasteiger charge is -2.41. The van der Waals surface area contributed by atoms with Crippen LogP contribution >= 0.6 is 0 Å². The van der Waals surface area contributed by atoms with E-state index in [0.717, 1.165) is 6.04 Å². The Balaban J connectivity index is 1.83. The zero-order valence-electron chi connectivity index (χ0n) is 9.68. The van der Waals surface area contributed by atoms with Crippen LogP contribution in [0.15, 0.2) is 0 Å². The van der Waals surface area contributed by atoms with Crippen molar-refractivity contribution < 1.29 is 0 Å². The van der Waals surface area contributed by atoms with Crippen molar-refractivity contribution in [2.75, 3.05) is 26.2 Å². The maximum atomic E-state index is 3.46. The van der Waals surface area contributed by atoms with Gasteiger partial charge in [0.05, 0.1) is 0 Å². The van der Waals surface area contributed by atoms with Gasteiger partial charge in [-0.2, -0.15) is 0 Å². The van der Waals surface area contributed by atoms with E-state index in [1.54, 1.807) is 0 Å². The van der Waals surface area contributed by atoms with Crippen molar-refractivity contribution in [3.05, 3.63) is 0 Å². The highest BCUT2D eigenvalue weighted by Crippen LogP contribution is 2.34. The second-order valence-electron chi connectivity index (χ2n) is 5.35. The fraction of sp³-hybridized carbons (Fsp3) is 1.00. The topological polar surface area (TPSA) is 15.3 Å². The van der Waals surface area contributed by atoms with E-state index in [4.69, 9.17) is 0 Å². The van der Waals surface area contributed by atoms with Crippen molar-refractivity contribution in [2.45, 2.75) is 45.6 Å². The quantitative estimate of drug-likeness (QED) is 0.725. The van der Waals surface area contributed by atoms with Crippen molar-refractivity contribution in [3.8, 4) is 0 Å². The summed E-state index contributed by atoms with van der Waals surface area (Å²) in [6, 6.07) is 0.844. The number of hydrogen-bond donors (Lipinski definition) is 1. The Hall–Kier alpha value is -0.0800. The molecule has 2 aliphatic rings. The van der Waals surface area contributed by atoms with Gasteiger partial charge in [0, 0.05) is 12.6 Å². The Morgan fingerprint density at radius 1 is 1.36 bits per heavy atom. The second kappa shape index (κ2) is 4.19. The molecule has 2 fully saturated rings. The summed E-state index contributed by atoms with van der Waals surface area (Å²) in [5, 5.41) is 3.46. The van der Waals surface area contributed by atoms with Crippen LogP contribution in [0, 0.1) is 5.41 Å². The average molecular weight is 196 g/mol. The van der Waals surface area contributed by atoms with E-state index in [1.807, 2.05) is 0 Å². The molecule has 2 nitrogen and oxygen atoms in total. The zero-order valence-corrected chi connectivity index (χ0v) is 9.68. The van der Waals surface area contributed by atoms with Crippen LogP contribution in [-0.4, -0.2) is 37.1 Å². The highest BCUT2D eigenvalue weighted by molar-refractivity contribution is 4.87. The lowest BCUT2D eigenvalue weighted by atomic mass is 9.78. The summed E-state index contributed by atoms with van der Waals surface area (Å²) < 4.78 is 0. The third-order valence-electron chi connectivity index (χ3n) is 4.41. The molecule has 1 atom stereocenters. The Bertz CT molecular complexity index is 177. The van der Waals surface area contributed by atoms with E-state index in [-0.39, 0.29) is 0 Å². The lowest BCUT2D eigenvalue weighted by Crippen LogP contribution is -2.45. The first-order valence-electron chi connectivity index (χ1n) is 6.18. The molecule has 0 aromatic carbocycles. The van der Waals surface area contributed by atoms with Crippen LogP contribution in [0.4, 0.5) is 0 Å². The minimum absolute atomic E-state index is 0.641. The van der Waals surface area contributed by atoms with Gasteiger partial charge in [0.2, 0.25) is 0 Å². The molecule has 2 rings (SSSR count). The van der Waals surface area contributed by atoms with Crippen LogP contribution in [-0.2, 0) is 0 Å². The van der Waals surface area contributed by atoms with E-state index in [2.05, 4.69) is 24.1 Å². The number of nitrogens with zero attached hydrogens (tertiary/aromatic N) is 1. The van der Waals surface area contributed by atoms with E-state index in [1.165, 1.54) is 51.9 Å². The number of piperidine rings is 1. The van der Waals surface area contributed by atoms with Crippen LogP contribution in [0.5, 0.6) is 0 Å². The van der Waals surface area contributed by atoms with Gasteiger partial charge >= 0.3 is 0 Å². The van der Waals surface area contributed by atoms with Crippen LogP contribution < -0.4 is 5.32 Å². The van der Waals surface area contributed by atoms with Gasteiger partial charge in [0.25, 0.3) is 0 Å². The minimum Gasteiger partial charge on any atom is -0.315 e. The Labute approximate surface area is 88.1 Å². The number of rotatable bonds is 2. The summed E-state index contributed by atoms with van der Waals surface area (Å²) in [6.45, 7) is 9.91. The molecule has 2 aliphatic heterocycles. The van der Waals surface area contributed by atoms with Gasteiger partial charge in [-0.25, -0.2) is 0 Å². The van der Waals surface area contributed by atoms with Crippen LogP contribution in [0.3, 0.4) is 0 Å². The fourth-order valence-electron chi connectivity index (χ4n) is 2.73. The van der Waals surface area contributed by atoms with Crippen molar-refractivity contribution in [1.82, 2.24) is 10.2 Å². The minimum atomic E-state index is 0.641. The van der Waals surface area contributed by atoms with E-state index < -0.39 is 0 Å². The van der Waals surface area contributed by atoms with Gasteiger partial charge < -0.3 is 5.32 Å². The van der Waals surface area contributed by atoms with Crippen molar-refractivity contribution in [2.24, 2.45) is 5.41 Å². The largest absolute Gasteiger partial charge is 0.315 e. The van der Waals surface area contributed by atoms with Gasteiger partial charge in [0.15, 0.2) is 0 Å². The fourth-order valence-corrected chi connectivity index (χ4v) is 2.73. The predicted octanol–water partition coefficient (Wildman–Crippen LogP) is 1.86. The molecule has 0 bridgehead atoms. The van der Waals surface area contributed by atoms with Crippen LogP contribution in [0.25, 0.3) is 0 Å². The molecule has 0 amide bonds. The maximum absolute atomic E-state index is 3.46. The summed E-state index contributed by atoms with van der Waals surface area (Å²) >= 11 is 0. The first-order valence-corrected chi connectivity index (χ1v) is 6.18. The first kappa shape index (κ1) is 10.4. The molecule has 0 spiro atoms. The molecule has 82 valence electrons. The zero-order chi connectivity index (χ0) is 10.0. The molecule has 2 saturated heterocycles. The van der Waals surface area contributed by atoms with Gasteiger partial charge in [0.1, 0.15) is 0 Å². The molecule has 0 saturated carbocycles. The lowest BCUT2D eigenvalue weighted by molar-refractivity contribution is 0.0868. The molecule has 1 N–H and O–H groups in total. The highest BCUT2D eigenvalue weighted by Gasteiger charge is 2.32. The molecule has 14 heavy (non-hydrogen) atoms. The molecule has 0 aromatic heterocycles. The van der Waals surface area contributed by atoms with E-state index in [9.17, 15) is 0 Å². The van der Waals surface area contributed by atoms with Gasteiger partial charge in [-0.05, 0) is 44.3 Å². The highest BCUT2D eigenvalue weighted by atomic mass is 15.2. The average Bonchev–Trinajstić information content (AvgIpc) is 2.72. The molecule has 1 unspecified atom stereocenters. The van der Waals surface area contributed by atoms with Crippen molar-refractivity contribution >= 4 is 0 Å². The van der Waals surface area contributed by atoms with Crippen molar-refractivity contribution in [1.29, 1.82) is 0 Å². The Morgan fingerprint density at radius 2 is 2.07 bits per heavy atom. The molecule has 0 radical (unpaired) electrons. The molecular formula is C12H24N2. The monoisotopic (exact) mass is 196 g/mol. The SMILES string of the molecule is CCC1(C)CCN(C2CCNC2)CC1. The van der Waals surface area contributed by atoms with Crippen molar-refractivity contribution in [3.63, 3.8) is 0 Å². The third-order valence-corrected chi connectivity index (χ3v) is 4.41. The molecule has 0 aromatic rings.